The van der Waals surface area contributed by atoms with Crippen molar-refractivity contribution in [3.8, 4) is 11.1 Å². The van der Waals surface area contributed by atoms with E-state index in [0.29, 0.717) is 16.3 Å². The van der Waals surface area contributed by atoms with Gasteiger partial charge in [-0.3, -0.25) is 9.20 Å². The molecule has 8 heteroatoms. The molecule has 3 aromatic heterocycles. The fourth-order valence-corrected chi connectivity index (χ4v) is 4.75. The summed E-state index contributed by atoms with van der Waals surface area (Å²) in [5, 5.41) is 5.16. The molecule has 29 heavy (non-hydrogen) atoms. The minimum atomic E-state index is -0.457. The van der Waals surface area contributed by atoms with Gasteiger partial charge in [-0.05, 0) is 26.3 Å². The average molecular weight is 426 g/mol. The number of thiazole rings is 1. The summed E-state index contributed by atoms with van der Waals surface area (Å²) >= 11 is 2.81. The van der Waals surface area contributed by atoms with E-state index in [0.717, 1.165) is 26.5 Å². The number of benzene rings is 1. The molecule has 4 rings (SSSR count). The van der Waals surface area contributed by atoms with Crippen LogP contribution in [0.4, 0.5) is 5.00 Å². The largest absolute Gasteiger partial charge is 0.462 e. The summed E-state index contributed by atoms with van der Waals surface area (Å²) in [5.41, 5.74) is 3.44. The van der Waals surface area contributed by atoms with Crippen molar-refractivity contribution in [1.82, 2.24) is 9.38 Å². The Bertz CT molecular complexity index is 1170. The number of fused-ring (bicyclic) bond motifs is 1. The summed E-state index contributed by atoms with van der Waals surface area (Å²) in [5.74, 6) is -0.817. The Morgan fingerprint density at radius 2 is 1.93 bits per heavy atom. The molecule has 0 saturated carbocycles. The third kappa shape index (κ3) is 3.81. The van der Waals surface area contributed by atoms with Crippen molar-refractivity contribution < 1.29 is 14.3 Å². The molecule has 0 spiro atoms. The highest BCUT2D eigenvalue weighted by molar-refractivity contribution is 7.17. The minimum Gasteiger partial charge on any atom is -0.462 e. The fraction of sp³-hybridized carbons (Fsp3) is 0.190. The van der Waals surface area contributed by atoms with Crippen molar-refractivity contribution in [1.29, 1.82) is 0 Å². The molecule has 0 radical (unpaired) electrons. The van der Waals surface area contributed by atoms with E-state index in [1.807, 2.05) is 54.1 Å². The van der Waals surface area contributed by atoms with Crippen LogP contribution in [0.15, 0.2) is 42.0 Å². The zero-order valence-corrected chi connectivity index (χ0v) is 17.8. The number of aromatic nitrogens is 2. The number of thiophene rings is 1. The van der Waals surface area contributed by atoms with Crippen molar-refractivity contribution in [3.05, 3.63) is 63.7 Å². The maximum absolute atomic E-state index is 12.8. The van der Waals surface area contributed by atoms with Crippen LogP contribution in [0.1, 0.15) is 38.2 Å². The van der Waals surface area contributed by atoms with Crippen LogP contribution in [0.25, 0.3) is 16.1 Å². The number of nitrogens with one attached hydrogen (secondary N) is 1. The second-order valence-corrected chi connectivity index (χ2v) is 8.64. The van der Waals surface area contributed by atoms with Crippen molar-refractivity contribution >= 4 is 44.5 Å². The van der Waals surface area contributed by atoms with E-state index in [-0.39, 0.29) is 12.5 Å². The number of ether oxygens (including phenoxy) is 1. The van der Waals surface area contributed by atoms with Gasteiger partial charge in [-0.2, -0.15) is 0 Å². The fourth-order valence-electron chi connectivity index (χ4n) is 2.99. The molecule has 4 aromatic rings. The summed E-state index contributed by atoms with van der Waals surface area (Å²) in [7, 11) is 0. The Morgan fingerprint density at radius 1 is 1.17 bits per heavy atom. The van der Waals surface area contributed by atoms with Crippen molar-refractivity contribution in [2.75, 3.05) is 11.9 Å². The molecule has 0 atom stereocenters. The van der Waals surface area contributed by atoms with Crippen LogP contribution in [-0.4, -0.2) is 27.9 Å². The van der Waals surface area contributed by atoms with Crippen molar-refractivity contribution in [2.45, 2.75) is 20.8 Å². The number of anilines is 1. The Labute approximate surface area is 175 Å². The molecule has 6 nitrogen and oxygen atoms in total. The Balaban J connectivity index is 1.68. The molecule has 3 heterocycles. The van der Waals surface area contributed by atoms with Gasteiger partial charge < -0.3 is 10.1 Å². The Kier molecular flexibility index (Phi) is 5.21. The third-order valence-corrected chi connectivity index (χ3v) is 6.17. The number of rotatable bonds is 5. The second-order valence-electron chi connectivity index (χ2n) is 6.55. The predicted molar refractivity (Wildman–Crippen MR) is 116 cm³/mol. The van der Waals surface area contributed by atoms with Crippen LogP contribution in [0.2, 0.25) is 0 Å². The zero-order valence-electron chi connectivity index (χ0n) is 16.2. The monoisotopic (exact) mass is 425 g/mol. The number of carbonyl (C=O) groups excluding carboxylic acids is 2. The smallest absolute Gasteiger partial charge is 0.341 e. The molecular weight excluding hydrogens is 406 g/mol. The summed E-state index contributed by atoms with van der Waals surface area (Å²) in [6.45, 7) is 6.01. The third-order valence-electron chi connectivity index (χ3n) is 4.36. The van der Waals surface area contributed by atoms with Crippen molar-refractivity contribution in [3.63, 3.8) is 0 Å². The number of aryl methyl sites for hydroxylation is 2. The number of nitrogens with zero attached hydrogens (tertiary/aromatic N) is 2. The maximum Gasteiger partial charge on any atom is 0.341 e. The van der Waals surface area contributed by atoms with Gasteiger partial charge in [0.2, 0.25) is 0 Å². The van der Waals surface area contributed by atoms with E-state index in [2.05, 4.69) is 10.3 Å². The lowest BCUT2D eigenvalue weighted by Crippen LogP contribution is -2.15. The quantitative estimate of drug-likeness (QED) is 0.448. The van der Waals surface area contributed by atoms with E-state index in [1.165, 1.54) is 22.7 Å². The lowest BCUT2D eigenvalue weighted by atomic mass is 10.0. The van der Waals surface area contributed by atoms with Gasteiger partial charge in [0.25, 0.3) is 5.91 Å². The minimum absolute atomic E-state index is 0.256. The van der Waals surface area contributed by atoms with Crippen LogP contribution < -0.4 is 5.32 Å². The van der Waals surface area contributed by atoms with E-state index in [4.69, 9.17) is 4.74 Å². The van der Waals surface area contributed by atoms with E-state index < -0.39 is 5.97 Å². The summed E-state index contributed by atoms with van der Waals surface area (Å²) in [4.78, 5) is 31.7. The molecule has 0 aliphatic rings. The van der Waals surface area contributed by atoms with Crippen LogP contribution in [0.3, 0.4) is 0 Å². The summed E-state index contributed by atoms with van der Waals surface area (Å²) in [6.07, 6.45) is 3.61. The molecule has 0 bridgehead atoms. The SMILES string of the molecule is CCOC(=O)c1c(-c2ccc(C)cc2)csc1NC(=O)c1cn2cc(C)sc2n1. The highest BCUT2D eigenvalue weighted by atomic mass is 32.1. The topological polar surface area (TPSA) is 72.7 Å². The van der Waals surface area contributed by atoms with Gasteiger partial charge in [0.15, 0.2) is 4.96 Å². The molecule has 1 aromatic carbocycles. The molecular formula is C21H19N3O3S2. The maximum atomic E-state index is 12.8. The molecule has 0 fully saturated rings. The Hall–Kier alpha value is -2.97. The van der Waals surface area contributed by atoms with Crippen LogP contribution in [0, 0.1) is 13.8 Å². The molecule has 0 aliphatic carbocycles. The number of hydrogen-bond donors (Lipinski definition) is 1. The van der Waals surface area contributed by atoms with Gasteiger partial charge in [-0.1, -0.05) is 29.8 Å². The normalized spacial score (nSPS) is 11.0. The number of amides is 1. The van der Waals surface area contributed by atoms with Gasteiger partial charge in [-0.25, -0.2) is 9.78 Å². The average Bonchev–Trinajstić information content (AvgIpc) is 3.35. The highest BCUT2D eigenvalue weighted by Crippen LogP contribution is 2.36. The molecule has 148 valence electrons. The van der Waals surface area contributed by atoms with E-state index in [1.54, 1.807) is 13.1 Å². The van der Waals surface area contributed by atoms with Crippen LogP contribution >= 0.6 is 22.7 Å². The standard InChI is InChI=1S/C21H19N3O3S2/c1-4-27-20(26)17-15(14-7-5-12(2)6-8-14)11-28-19(17)23-18(25)16-10-24-9-13(3)29-21(24)22-16/h5-11H,4H2,1-3H3,(H,23,25). The highest BCUT2D eigenvalue weighted by Gasteiger charge is 2.24. The lowest BCUT2D eigenvalue weighted by Gasteiger charge is -2.08. The first-order valence-corrected chi connectivity index (χ1v) is 10.8. The molecule has 0 unspecified atom stereocenters. The zero-order chi connectivity index (χ0) is 20.5. The first-order chi connectivity index (χ1) is 14.0. The van der Waals surface area contributed by atoms with Gasteiger partial charge >= 0.3 is 5.97 Å². The summed E-state index contributed by atoms with van der Waals surface area (Å²) < 4.78 is 7.07. The second kappa shape index (κ2) is 7.81. The van der Waals surface area contributed by atoms with Gasteiger partial charge in [-0.15, -0.1) is 22.7 Å². The van der Waals surface area contributed by atoms with E-state index in [9.17, 15) is 9.59 Å². The van der Waals surface area contributed by atoms with Crippen LogP contribution in [-0.2, 0) is 4.74 Å². The summed E-state index contributed by atoms with van der Waals surface area (Å²) in [6, 6.07) is 7.88. The molecule has 0 saturated heterocycles. The lowest BCUT2D eigenvalue weighted by molar-refractivity contribution is 0.0529. The first kappa shape index (κ1) is 19.4. The number of carbonyl (C=O) groups is 2. The number of hydrogen-bond acceptors (Lipinski definition) is 6. The first-order valence-electron chi connectivity index (χ1n) is 9.08. The predicted octanol–water partition coefficient (Wildman–Crippen LogP) is 5.17. The van der Waals surface area contributed by atoms with E-state index >= 15 is 0 Å². The number of esters is 1. The number of imidazole rings is 1. The molecule has 1 N–H and O–H groups in total. The van der Waals surface area contributed by atoms with Crippen LogP contribution in [0.5, 0.6) is 0 Å². The molecule has 0 aliphatic heterocycles. The van der Waals surface area contributed by atoms with Gasteiger partial charge in [0, 0.05) is 28.2 Å². The van der Waals surface area contributed by atoms with Gasteiger partial charge in [0.05, 0.1) is 6.61 Å². The van der Waals surface area contributed by atoms with Crippen molar-refractivity contribution in [2.24, 2.45) is 0 Å². The molecule has 1 amide bonds. The Morgan fingerprint density at radius 3 is 2.62 bits per heavy atom. The van der Waals surface area contributed by atoms with Gasteiger partial charge in [0.1, 0.15) is 16.3 Å².